The maximum atomic E-state index is 12.2. The van der Waals surface area contributed by atoms with E-state index in [4.69, 9.17) is 21.1 Å². The van der Waals surface area contributed by atoms with Crippen LogP contribution < -0.4 is 5.32 Å². The molecular formula is C16H23ClN2O3. The molecule has 0 aromatic heterocycles. The molecule has 0 radical (unpaired) electrons. The summed E-state index contributed by atoms with van der Waals surface area (Å²) in [5, 5.41) is 3.41. The number of carbonyl (C=O) groups is 1. The summed E-state index contributed by atoms with van der Waals surface area (Å²) in [6.07, 6.45) is 6.84. The second-order valence-corrected chi connectivity index (χ2v) is 5.65. The van der Waals surface area contributed by atoms with Crippen LogP contribution >= 0.6 is 11.6 Å². The van der Waals surface area contributed by atoms with Crippen molar-refractivity contribution in [2.24, 2.45) is 0 Å². The molecule has 0 atom stereocenters. The van der Waals surface area contributed by atoms with Crippen LogP contribution in [0.25, 0.3) is 0 Å². The Kier molecular flexibility index (Phi) is 6.96. The van der Waals surface area contributed by atoms with Gasteiger partial charge in [-0.3, -0.25) is 9.69 Å². The average molecular weight is 327 g/mol. The highest BCUT2D eigenvalue weighted by Gasteiger charge is 2.13. The normalized spacial score (nSPS) is 19.6. The number of nitrogens with one attached hydrogen (secondary N) is 1. The Hall–Kier alpha value is -1.30. The first-order valence-corrected chi connectivity index (χ1v) is 7.97. The van der Waals surface area contributed by atoms with E-state index in [9.17, 15) is 4.79 Å². The molecular weight excluding hydrogens is 304 g/mol. The van der Waals surface area contributed by atoms with Gasteiger partial charge in [-0.2, -0.15) is 0 Å². The molecule has 1 aliphatic carbocycles. The first-order valence-electron chi connectivity index (χ1n) is 7.60. The van der Waals surface area contributed by atoms with Crippen LogP contribution in [0.5, 0.6) is 0 Å². The number of morpholine rings is 1. The van der Waals surface area contributed by atoms with Gasteiger partial charge in [-0.15, -0.1) is 0 Å². The van der Waals surface area contributed by atoms with Crippen molar-refractivity contribution >= 4 is 17.5 Å². The molecule has 0 aromatic carbocycles. The molecule has 1 saturated heterocycles. The zero-order valence-electron chi connectivity index (χ0n) is 12.9. The van der Waals surface area contributed by atoms with Crippen LogP contribution in [0.3, 0.4) is 0 Å². The van der Waals surface area contributed by atoms with E-state index in [0.717, 1.165) is 39.3 Å². The topological polar surface area (TPSA) is 50.8 Å². The van der Waals surface area contributed by atoms with E-state index in [2.05, 4.69) is 10.2 Å². The van der Waals surface area contributed by atoms with Crippen LogP contribution in [0.2, 0.25) is 0 Å². The number of nitrogens with zero attached hydrogens (tertiary/aromatic N) is 1. The summed E-state index contributed by atoms with van der Waals surface area (Å²) in [4.78, 5) is 14.5. The number of methoxy groups -OCH3 is 1. The molecule has 0 unspecified atom stereocenters. The first-order chi connectivity index (χ1) is 10.7. The SMILES string of the molecule is COC1=C(Cl)C=C(C(=O)NCCCN2CCOCC2)C=CC1. The fourth-order valence-corrected chi connectivity index (χ4v) is 2.68. The predicted molar refractivity (Wildman–Crippen MR) is 86.6 cm³/mol. The summed E-state index contributed by atoms with van der Waals surface area (Å²) in [5.41, 5.74) is 0.559. The van der Waals surface area contributed by atoms with Gasteiger partial charge in [0.25, 0.3) is 5.91 Å². The van der Waals surface area contributed by atoms with Gasteiger partial charge in [-0.25, -0.2) is 0 Å². The predicted octanol–water partition coefficient (Wildman–Crippen LogP) is 1.81. The highest BCUT2D eigenvalue weighted by Crippen LogP contribution is 2.21. The molecule has 0 aromatic rings. The molecule has 2 rings (SSSR count). The number of amides is 1. The molecule has 0 saturated carbocycles. The van der Waals surface area contributed by atoms with Crippen LogP contribution in [0.1, 0.15) is 12.8 Å². The lowest BCUT2D eigenvalue weighted by molar-refractivity contribution is -0.117. The van der Waals surface area contributed by atoms with Crippen LogP contribution in [0, 0.1) is 0 Å². The average Bonchev–Trinajstić information content (AvgIpc) is 2.73. The van der Waals surface area contributed by atoms with Crippen molar-refractivity contribution in [2.45, 2.75) is 12.8 Å². The van der Waals surface area contributed by atoms with Crippen molar-refractivity contribution in [3.8, 4) is 0 Å². The van der Waals surface area contributed by atoms with Gasteiger partial charge in [0.1, 0.15) is 5.76 Å². The van der Waals surface area contributed by atoms with Crippen LogP contribution in [0.4, 0.5) is 0 Å². The fraction of sp³-hybridized carbons (Fsp3) is 0.562. The number of hydrogen-bond donors (Lipinski definition) is 1. The molecule has 1 aliphatic heterocycles. The van der Waals surface area contributed by atoms with Gasteiger partial charge in [0, 0.05) is 31.6 Å². The summed E-state index contributed by atoms with van der Waals surface area (Å²) in [5.74, 6) is 0.571. The van der Waals surface area contributed by atoms with Crippen LogP contribution in [0.15, 0.2) is 34.6 Å². The maximum Gasteiger partial charge on any atom is 0.251 e. The zero-order chi connectivity index (χ0) is 15.8. The highest BCUT2D eigenvalue weighted by molar-refractivity contribution is 6.32. The van der Waals surface area contributed by atoms with Gasteiger partial charge >= 0.3 is 0 Å². The molecule has 1 fully saturated rings. The third kappa shape index (κ3) is 5.16. The zero-order valence-corrected chi connectivity index (χ0v) is 13.7. The van der Waals surface area contributed by atoms with E-state index in [0.29, 0.717) is 29.3 Å². The number of allylic oxidation sites excluding steroid dienone is 3. The molecule has 5 nitrogen and oxygen atoms in total. The number of carbonyl (C=O) groups excluding carboxylic acids is 1. The summed E-state index contributed by atoms with van der Waals surface area (Å²) in [6.45, 7) is 5.18. The molecule has 122 valence electrons. The van der Waals surface area contributed by atoms with Gasteiger partial charge in [-0.05, 0) is 19.0 Å². The molecule has 0 spiro atoms. The minimum atomic E-state index is -0.103. The van der Waals surface area contributed by atoms with Crippen molar-refractivity contribution in [1.29, 1.82) is 0 Å². The summed E-state index contributed by atoms with van der Waals surface area (Å²) >= 11 is 6.13. The Morgan fingerprint density at radius 1 is 1.45 bits per heavy atom. The van der Waals surface area contributed by atoms with Crippen molar-refractivity contribution in [3.63, 3.8) is 0 Å². The largest absolute Gasteiger partial charge is 0.499 e. The number of rotatable bonds is 6. The Morgan fingerprint density at radius 3 is 2.95 bits per heavy atom. The van der Waals surface area contributed by atoms with E-state index < -0.39 is 0 Å². The van der Waals surface area contributed by atoms with E-state index in [1.54, 1.807) is 19.3 Å². The Morgan fingerprint density at radius 2 is 2.23 bits per heavy atom. The number of ether oxygens (including phenoxy) is 2. The number of hydrogen-bond acceptors (Lipinski definition) is 4. The lowest BCUT2D eigenvalue weighted by Crippen LogP contribution is -2.38. The van der Waals surface area contributed by atoms with Crippen molar-refractivity contribution < 1.29 is 14.3 Å². The second-order valence-electron chi connectivity index (χ2n) is 5.24. The van der Waals surface area contributed by atoms with Crippen molar-refractivity contribution in [2.75, 3.05) is 46.5 Å². The Balaban J connectivity index is 1.76. The summed E-state index contributed by atoms with van der Waals surface area (Å²) < 4.78 is 10.5. The smallest absolute Gasteiger partial charge is 0.251 e. The lowest BCUT2D eigenvalue weighted by atomic mass is 10.2. The van der Waals surface area contributed by atoms with E-state index in [1.807, 2.05) is 6.08 Å². The van der Waals surface area contributed by atoms with Crippen molar-refractivity contribution in [3.05, 3.63) is 34.6 Å². The fourth-order valence-electron chi connectivity index (χ4n) is 2.41. The molecule has 6 heteroatoms. The van der Waals surface area contributed by atoms with Crippen LogP contribution in [-0.4, -0.2) is 57.3 Å². The molecule has 22 heavy (non-hydrogen) atoms. The standard InChI is InChI=1S/C16H23ClN2O3/c1-21-15-5-2-4-13(12-14(15)17)16(20)18-6-3-7-19-8-10-22-11-9-19/h2,4,12H,3,5-11H2,1H3,(H,18,20). The molecule has 2 aliphatic rings. The van der Waals surface area contributed by atoms with Crippen LogP contribution in [-0.2, 0) is 14.3 Å². The first kappa shape index (κ1) is 17.1. The van der Waals surface area contributed by atoms with Gasteiger partial charge in [-0.1, -0.05) is 23.8 Å². The summed E-state index contributed by atoms with van der Waals surface area (Å²) in [6, 6.07) is 0. The lowest BCUT2D eigenvalue weighted by Gasteiger charge is -2.26. The molecule has 1 heterocycles. The van der Waals surface area contributed by atoms with Gasteiger partial charge in [0.05, 0.1) is 25.4 Å². The quantitative estimate of drug-likeness (QED) is 0.756. The molecule has 1 N–H and O–H groups in total. The third-order valence-corrected chi connectivity index (χ3v) is 4.02. The minimum absolute atomic E-state index is 0.103. The number of halogens is 1. The van der Waals surface area contributed by atoms with E-state index >= 15 is 0 Å². The second kappa shape index (κ2) is 8.98. The van der Waals surface area contributed by atoms with Gasteiger partial charge < -0.3 is 14.8 Å². The third-order valence-electron chi connectivity index (χ3n) is 3.70. The van der Waals surface area contributed by atoms with E-state index in [-0.39, 0.29) is 5.91 Å². The highest BCUT2D eigenvalue weighted by atomic mass is 35.5. The molecule has 1 amide bonds. The summed E-state index contributed by atoms with van der Waals surface area (Å²) in [7, 11) is 1.58. The maximum absolute atomic E-state index is 12.2. The molecule has 0 bridgehead atoms. The van der Waals surface area contributed by atoms with E-state index in [1.165, 1.54) is 0 Å². The van der Waals surface area contributed by atoms with Gasteiger partial charge in [0.2, 0.25) is 0 Å². The van der Waals surface area contributed by atoms with Crippen molar-refractivity contribution in [1.82, 2.24) is 10.2 Å². The Bertz CT molecular complexity index is 480. The Labute approximate surface area is 136 Å². The van der Waals surface area contributed by atoms with Gasteiger partial charge in [0.15, 0.2) is 0 Å². The monoisotopic (exact) mass is 326 g/mol. The minimum Gasteiger partial charge on any atom is -0.499 e.